The third kappa shape index (κ3) is 2.60. The Morgan fingerprint density at radius 2 is 2.20 bits per heavy atom. The molecule has 3 N–H and O–H groups in total. The fourth-order valence-electron chi connectivity index (χ4n) is 2.60. The molecular weight excluding hydrogens is 296 g/mol. The second-order valence-corrected chi connectivity index (χ2v) is 6.11. The number of ether oxygens (including phenoxy) is 1. The summed E-state index contributed by atoms with van der Waals surface area (Å²) in [4.78, 5) is 12.7. The van der Waals surface area contributed by atoms with E-state index in [0.717, 1.165) is 0 Å². The minimum absolute atomic E-state index is 0.196. The van der Waals surface area contributed by atoms with Crippen molar-refractivity contribution in [2.45, 2.75) is 19.8 Å². The third-order valence-electron chi connectivity index (χ3n) is 3.72. The molecule has 2 rings (SSSR count). The number of halogens is 1. The third-order valence-corrected chi connectivity index (χ3v) is 4.44. The first-order valence-electron chi connectivity index (χ1n) is 6.34. The van der Waals surface area contributed by atoms with Crippen LogP contribution in [0.4, 0.5) is 5.69 Å². The molecule has 1 aromatic rings. The molecule has 0 aromatic heterocycles. The van der Waals surface area contributed by atoms with Crippen LogP contribution in [0, 0.1) is 11.3 Å². The number of hydrogen-bond donors (Lipinski definition) is 2. The van der Waals surface area contributed by atoms with Crippen LogP contribution >= 0.6 is 23.8 Å². The molecule has 1 aliphatic carbocycles. The summed E-state index contributed by atoms with van der Waals surface area (Å²) in [5.41, 5.74) is 5.51. The van der Waals surface area contributed by atoms with E-state index in [1.165, 1.54) is 0 Å². The van der Waals surface area contributed by atoms with Gasteiger partial charge < -0.3 is 15.8 Å². The Labute approximate surface area is 128 Å². The Balaban J connectivity index is 2.21. The first-order chi connectivity index (χ1) is 9.39. The number of carbonyl (C=O) groups excluding carboxylic acids is 1. The Bertz CT molecular complexity index is 556. The number of thiocarbonyl (C=S) groups is 1. The number of hydrogen-bond acceptors (Lipinski definition) is 3. The van der Waals surface area contributed by atoms with Gasteiger partial charge in [-0.15, -0.1) is 0 Å². The van der Waals surface area contributed by atoms with Crippen molar-refractivity contribution in [1.29, 1.82) is 0 Å². The van der Waals surface area contributed by atoms with Gasteiger partial charge in [0.2, 0.25) is 5.91 Å². The monoisotopic (exact) mass is 312 g/mol. The van der Waals surface area contributed by atoms with Crippen LogP contribution in [0.3, 0.4) is 0 Å². The van der Waals surface area contributed by atoms with Crippen LogP contribution in [0.25, 0.3) is 0 Å². The van der Waals surface area contributed by atoms with Crippen molar-refractivity contribution in [3.8, 4) is 5.75 Å². The van der Waals surface area contributed by atoms with Gasteiger partial charge in [-0.2, -0.15) is 0 Å². The molecule has 0 spiro atoms. The molecule has 0 saturated heterocycles. The van der Waals surface area contributed by atoms with Crippen molar-refractivity contribution in [2.75, 3.05) is 12.4 Å². The van der Waals surface area contributed by atoms with Crippen molar-refractivity contribution in [3.05, 3.63) is 23.2 Å². The highest BCUT2D eigenvalue weighted by molar-refractivity contribution is 7.80. The number of rotatable bonds is 4. The van der Waals surface area contributed by atoms with E-state index in [4.69, 9.17) is 34.3 Å². The molecule has 0 unspecified atom stereocenters. The number of anilines is 1. The van der Waals surface area contributed by atoms with E-state index in [-0.39, 0.29) is 10.9 Å². The Kier molecular flexibility index (Phi) is 4.20. The van der Waals surface area contributed by atoms with Gasteiger partial charge in [0.1, 0.15) is 5.75 Å². The Morgan fingerprint density at radius 1 is 1.55 bits per heavy atom. The minimum Gasteiger partial charge on any atom is -0.497 e. The summed E-state index contributed by atoms with van der Waals surface area (Å²) in [6.45, 7) is 2.07. The van der Waals surface area contributed by atoms with Gasteiger partial charge in [0.25, 0.3) is 0 Å². The predicted molar refractivity (Wildman–Crippen MR) is 84.3 cm³/mol. The van der Waals surface area contributed by atoms with Gasteiger partial charge in [0.15, 0.2) is 0 Å². The number of nitrogens with two attached hydrogens (primary N) is 1. The highest BCUT2D eigenvalue weighted by atomic mass is 35.5. The average Bonchev–Trinajstić information content (AvgIpc) is 2.36. The molecule has 1 saturated carbocycles. The van der Waals surface area contributed by atoms with Crippen LogP contribution in [0.5, 0.6) is 5.75 Å². The van der Waals surface area contributed by atoms with E-state index in [1.54, 1.807) is 25.3 Å². The van der Waals surface area contributed by atoms with E-state index in [2.05, 4.69) is 12.2 Å². The van der Waals surface area contributed by atoms with Crippen LogP contribution in [-0.2, 0) is 4.79 Å². The molecule has 108 valence electrons. The molecule has 0 bridgehead atoms. The molecule has 4 nitrogen and oxygen atoms in total. The molecule has 20 heavy (non-hydrogen) atoms. The standard InChI is InChI=1S/C14H17ClN2O2S/c1-8-6-14(7-8,12(16)20)13(18)17-11-5-9(19-2)3-4-10(11)15/h3-5,8H,6-7H2,1-2H3,(H2,16,20)(H,17,18). The molecule has 6 heteroatoms. The summed E-state index contributed by atoms with van der Waals surface area (Å²) in [5.74, 6) is 0.873. The van der Waals surface area contributed by atoms with E-state index in [1.807, 2.05) is 0 Å². The highest BCUT2D eigenvalue weighted by Crippen LogP contribution is 2.46. The summed E-state index contributed by atoms with van der Waals surface area (Å²) in [7, 11) is 1.55. The van der Waals surface area contributed by atoms with Crippen molar-refractivity contribution < 1.29 is 9.53 Å². The summed E-state index contributed by atoms with van der Waals surface area (Å²) in [6, 6.07) is 5.08. The SMILES string of the molecule is COc1ccc(Cl)c(NC(=O)C2(C(N)=S)CC(C)C2)c1. The van der Waals surface area contributed by atoms with Crippen LogP contribution in [0.15, 0.2) is 18.2 Å². The lowest BCUT2D eigenvalue weighted by Gasteiger charge is -2.44. The molecule has 1 aromatic carbocycles. The number of amides is 1. The van der Waals surface area contributed by atoms with E-state index >= 15 is 0 Å². The lowest BCUT2D eigenvalue weighted by molar-refractivity contribution is -0.127. The first-order valence-corrected chi connectivity index (χ1v) is 7.12. The molecule has 0 atom stereocenters. The summed E-state index contributed by atoms with van der Waals surface area (Å²) in [6.07, 6.45) is 1.35. The maximum absolute atomic E-state index is 12.5. The van der Waals surface area contributed by atoms with Crippen molar-refractivity contribution in [2.24, 2.45) is 17.1 Å². The van der Waals surface area contributed by atoms with Gasteiger partial charge in [-0.1, -0.05) is 30.7 Å². The average molecular weight is 313 g/mol. The molecule has 0 heterocycles. The molecule has 1 aliphatic rings. The van der Waals surface area contributed by atoms with Gasteiger partial charge in [-0.05, 0) is 30.9 Å². The highest BCUT2D eigenvalue weighted by Gasteiger charge is 2.50. The van der Waals surface area contributed by atoms with Crippen LogP contribution in [-0.4, -0.2) is 18.0 Å². The second-order valence-electron chi connectivity index (χ2n) is 5.26. The molecular formula is C14H17ClN2O2S. The molecule has 0 aliphatic heterocycles. The van der Waals surface area contributed by atoms with Crippen molar-refractivity contribution in [1.82, 2.24) is 0 Å². The van der Waals surface area contributed by atoms with E-state index in [0.29, 0.717) is 35.2 Å². The summed E-state index contributed by atoms with van der Waals surface area (Å²) in [5, 5.41) is 3.26. The number of carbonyl (C=O) groups is 1. The topological polar surface area (TPSA) is 64.3 Å². The summed E-state index contributed by atoms with van der Waals surface area (Å²) < 4.78 is 5.12. The van der Waals surface area contributed by atoms with Gasteiger partial charge in [0.05, 0.1) is 28.2 Å². The van der Waals surface area contributed by atoms with Crippen LogP contribution < -0.4 is 15.8 Å². The fourth-order valence-corrected chi connectivity index (χ4v) is 3.02. The Hall–Kier alpha value is -1.33. The smallest absolute Gasteiger partial charge is 0.237 e. The lowest BCUT2D eigenvalue weighted by Crippen LogP contribution is -2.53. The van der Waals surface area contributed by atoms with Crippen LogP contribution in [0.1, 0.15) is 19.8 Å². The Morgan fingerprint density at radius 3 is 2.70 bits per heavy atom. The number of nitrogens with one attached hydrogen (secondary N) is 1. The van der Waals surface area contributed by atoms with E-state index < -0.39 is 5.41 Å². The molecule has 1 fully saturated rings. The van der Waals surface area contributed by atoms with Gasteiger partial charge >= 0.3 is 0 Å². The number of methoxy groups -OCH3 is 1. The second kappa shape index (κ2) is 5.58. The quantitative estimate of drug-likeness (QED) is 0.839. The molecule has 1 amide bonds. The minimum atomic E-state index is -0.749. The largest absolute Gasteiger partial charge is 0.497 e. The van der Waals surface area contributed by atoms with E-state index in [9.17, 15) is 4.79 Å². The predicted octanol–water partition coefficient (Wildman–Crippen LogP) is 2.99. The normalized spacial score (nSPS) is 24.6. The first kappa shape index (κ1) is 15.1. The van der Waals surface area contributed by atoms with Crippen LogP contribution in [0.2, 0.25) is 5.02 Å². The molecule has 0 radical (unpaired) electrons. The zero-order valence-corrected chi connectivity index (χ0v) is 13.0. The van der Waals surface area contributed by atoms with Gasteiger partial charge in [0, 0.05) is 6.07 Å². The van der Waals surface area contributed by atoms with Gasteiger partial charge in [-0.25, -0.2) is 0 Å². The number of benzene rings is 1. The zero-order chi connectivity index (χ0) is 14.9. The lowest BCUT2D eigenvalue weighted by atomic mass is 9.62. The zero-order valence-electron chi connectivity index (χ0n) is 11.4. The maximum Gasteiger partial charge on any atom is 0.237 e. The van der Waals surface area contributed by atoms with Crippen molar-refractivity contribution >= 4 is 40.4 Å². The van der Waals surface area contributed by atoms with Crippen molar-refractivity contribution in [3.63, 3.8) is 0 Å². The maximum atomic E-state index is 12.5. The van der Waals surface area contributed by atoms with Gasteiger partial charge in [-0.3, -0.25) is 4.79 Å². The summed E-state index contributed by atoms with van der Waals surface area (Å²) >= 11 is 11.1. The fraction of sp³-hybridized carbons (Fsp3) is 0.429.